The summed E-state index contributed by atoms with van der Waals surface area (Å²) < 4.78 is 0.911. The lowest BCUT2D eigenvalue weighted by atomic mass is 10.2. The number of H-pyrrole nitrogens is 1. The predicted molar refractivity (Wildman–Crippen MR) is 126 cm³/mol. The molecule has 1 aromatic heterocycles. The minimum atomic E-state index is -0.212. The molecule has 154 valence electrons. The van der Waals surface area contributed by atoms with Gasteiger partial charge in [-0.05, 0) is 35.4 Å². The van der Waals surface area contributed by atoms with Crippen LogP contribution in [0.15, 0.2) is 94.2 Å². The van der Waals surface area contributed by atoms with Crippen molar-refractivity contribution >= 4 is 38.8 Å². The van der Waals surface area contributed by atoms with Gasteiger partial charge in [0.1, 0.15) is 5.82 Å². The zero-order valence-corrected chi connectivity index (χ0v) is 18.2. The van der Waals surface area contributed by atoms with Crippen molar-refractivity contribution in [3.63, 3.8) is 0 Å². The zero-order chi connectivity index (χ0) is 21.6. The van der Waals surface area contributed by atoms with E-state index in [0.29, 0.717) is 23.3 Å². The minimum Gasteiger partial charge on any atom is -0.327 e. The summed E-state index contributed by atoms with van der Waals surface area (Å²) in [6, 6.07) is 24.6. The number of nitrogens with zero attached hydrogens (tertiary/aromatic N) is 2. The molecule has 5 nitrogen and oxygen atoms in total. The number of fused-ring (bicyclic) bond motifs is 1. The highest BCUT2D eigenvalue weighted by Gasteiger charge is 2.15. The summed E-state index contributed by atoms with van der Waals surface area (Å²) in [4.78, 5) is 34.6. The third-order valence-corrected chi connectivity index (χ3v) is 5.56. The van der Waals surface area contributed by atoms with Crippen LogP contribution in [-0.4, -0.2) is 20.8 Å². The monoisotopic (exact) mass is 473 g/mol. The molecule has 0 bridgehead atoms. The molecule has 0 radical (unpaired) electrons. The molecule has 0 unspecified atom stereocenters. The molecule has 4 rings (SSSR count). The van der Waals surface area contributed by atoms with Crippen molar-refractivity contribution in [3.05, 3.63) is 117 Å². The number of aromatic amines is 1. The Morgan fingerprint density at radius 1 is 0.935 bits per heavy atom. The van der Waals surface area contributed by atoms with Crippen LogP contribution in [0.25, 0.3) is 17.0 Å². The van der Waals surface area contributed by atoms with Gasteiger partial charge in [0.25, 0.3) is 5.56 Å². The Morgan fingerprint density at radius 2 is 1.65 bits per heavy atom. The molecule has 0 spiro atoms. The highest BCUT2D eigenvalue weighted by atomic mass is 79.9. The summed E-state index contributed by atoms with van der Waals surface area (Å²) in [6.45, 7) is 0.588. The van der Waals surface area contributed by atoms with Crippen molar-refractivity contribution in [1.82, 2.24) is 14.9 Å². The number of carbonyl (C=O) groups is 1. The molecule has 1 amide bonds. The molecule has 3 aromatic carbocycles. The van der Waals surface area contributed by atoms with E-state index in [4.69, 9.17) is 0 Å². The lowest BCUT2D eigenvalue weighted by Crippen LogP contribution is -2.30. The molecule has 1 heterocycles. The number of rotatable bonds is 6. The molecule has 6 heteroatoms. The van der Waals surface area contributed by atoms with Crippen molar-refractivity contribution in [2.75, 3.05) is 0 Å². The largest absolute Gasteiger partial charge is 0.327 e. The van der Waals surface area contributed by atoms with E-state index in [-0.39, 0.29) is 18.0 Å². The average molecular weight is 474 g/mol. The van der Waals surface area contributed by atoms with Crippen LogP contribution in [0.1, 0.15) is 17.0 Å². The molecule has 0 aliphatic heterocycles. The second kappa shape index (κ2) is 9.53. The third kappa shape index (κ3) is 5.16. The number of hydrogen-bond acceptors (Lipinski definition) is 3. The topological polar surface area (TPSA) is 66.1 Å². The number of carbonyl (C=O) groups excluding carboxylic acids is 1. The first-order valence-corrected chi connectivity index (χ1v) is 10.6. The van der Waals surface area contributed by atoms with Gasteiger partial charge in [-0.25, -0.2) is 4.98 Å². The second-order valence-electron chi connectivity index (χ2n) is 7.06. The van der Waals surface area contributed by atoms with E-state index >= 15 is 0 Å². The first-order valence-electron chi connectivity index (χ1n) is 9.83. The van der Waals surface area contributed by atoms with E-state index in [1.54, 1.807) is 35.3 Å². The second-order valence-corrected chi connectivity index (χ2v) is 7.92. The van der Waals surface area contributed by atoms with Crippen LogP contribution in [0.5, 0.6) is 0 Å². The highest BCUT2D eigenvalue weighted by molar-refractivity contribution is 9.10. The van der Waals surface area contributed by atoms with Gasteiger partial charge in [-0.3, -0.25) is 9.59 Å². The quantitative estimate of drug-likeness (QED) is 0.403. The Balaban J connectivity index is 1.63. The number of aromatic nitrogens is 2. The standard InChI is InChI=1S/C25H20BrN3O2/c26-21-12-6-4-10-19(21)14-15-24(30)29(16-18-8-2-1-3-9-18)17-23-27-22-13-7-5-11-20(22)25(31)28-23/h1-15H,16-17H2,(H,27,28,31). The Bertz CT molecular complexity index is 1300. The van der Waals surface area contributed by atoms with Crippen LogP contribution < -0.4 is 5.56 Å². The fraction of sp³-hybridized carbons (Fsp3) is 0.0800. The van der Waals surface area contributed by atoms with Gasteiger partial charge in [-0.2, -0.15) is 0 Å². The van der Waals surface area contributed by atoms with Gasteiger partial charge in [0, 0.05) is 17.1 Å². The Kier molecular flexibility index (Phi) is 6.38. The fourth-order valence-electron chi connectivity index (χ4n) is 3.28. The van der Waals surface area contributed by atoms with Gasteiger partial charge >= 0.3 is 0 Å². The molecule has 0 fully saturated rings. The van der Waals surface area contributed by atoms with Crippen molar-refractivity contribution in [1.29, 1.82) is 0 Å². The molecule has 0 aliphatic rings. The van der Waals surface area contributed by atoms with E-state index in [2.05, 4.69) is 25.9 Å². The molecule has 0 aliphatic carbocycles. The molecule has 31 heavy (non-hydrogen) atoms. The summed E-state index contributed by atoms with van der Waals surface area (Å²) in [6.07, 6.45) is 3.32. The summed E-state index contributed by atoms with van der Waals surface area (Å²) in [5.41, 5.74) is 2.30. The van der Waals surface area contributed by atoms with Gasteiger partial charge in [0.05, 0.1) is 17.4 Å². The maximum absolute atomic E-state index is 13.1. The summed E-state index contributed by atoms with van der Waals surface area (Å²) in [5, 5.41) is 0.529. The molecule has 4 aromatic rings. The van der Waals surface area contributed by atoms with Gasteiger partial charge < -0.3 is 9.88 Å². The first kappa shape index (κ1) is 20.8. The Hall–Kier alpha value is -3.51. The molecule has 0 saturated heterocycles. The number of nitrogens with one attached hydrogen (secondary N) is 1. The Morgan fingerprint density at radius 3 is 2.45 bits per heavy atom. The third-order valence-electron chi connectivity index (χ3n) is 4.84. The maximum atomic E-state index is 13.1. The normalized spacial score (nSPS) is 11.1. The summed E-state index contributed by atoms with van der Waals surface area (Å²) >= 11 is 3.50. The van der Waals surface area contributed by atoms with Crippen molar-refractivity contribution in [3.8, 4) is 0 Å². The summed E-state index contributed by atoms with van der Waals surface area (Å²) in [7, 11) is 0. The van der Waals surface area contributed by atoms with Crippen LogP contribution in [-0.2, 0) is 17.9 Å². The van der Waals surface area contributed by atoms with Gasteiger partial charge in [0.15, 0.2) is 0 Å². The van der Waals surface area contributed by atoms with Gasteiger partial charge in [-0.15, -0.1) is 0 Å². The number of hydrogen-bond donors (Lipinski definition) is 1. The van der Waals surface area contributed by atoms with E-state index in [0.717, 1.165) is 15.6 Å². The van der Waals surface area contributed by atoms with Crippen LogP contribution >= 0.6 is 15.9 Å². The maximum Gasteiger partial charge on any atom is 0.258 e. The van der Waals surface area contributed by atoms with E-state index in [1.807, 2.05) is 60.7 Å². The van der Waals surface area contributed by atoms with Crippen LogP contribution in [0.3, 0.4) is 0 Å². The van der Waals surface area contributed by atoms with Crippen molar-refractivity contribution < 1.29 is 4.79 Å². The van der Waals surface area contributed by atoms with Gasteiger partial charge in [0.2, 0.25) is 5.91 Å². The SMILES string of the molecule is O=C(C=Cc1ccccc1Br)N(Cc1ccccc1)Cc1nc2ccccc2c(=O)[nH]1. The lowest BCUT2D eigenvalue weighted by Gasteiger charge is -2.21. The first-order chi connectivity index (χ1) is 15.1. The van der Waals surface area contributed by atoms with Crippen LogP contribution in [0.2, 0.25) is 0 Å². The number of halogens is 1. The smallest absolute Gasteiger partial charge is 0.258 e. The van der Waals surface area contributed by atoms with E-state index < -0.39 is 0 Å². The average Bonchev–Trinajstić information content (AvgIpc) is 2.79. The van der Waals surface area contributed by atoms with Crippen LogP contribution in [0, 0.1) is 0 Å². The number of amides is 1. The summed E-state index contributed by atoms with van der Waals surface area (Å²) in [5.74, 6) is 0.276. The van der Waals surface area contributed by atoms with Crippen molar-refractivity contribution in [2.45, 2.75) is 13.1 Å². The number of benzene rings is 3. The Labute approximate surface area is 188 Å². The highest BCUT2D eigenvalue weighted by Crippen LogP contribution is 2.18. The van der Waals surface area contributed by atoms with Crippen LogP contribution in [0.4, 0.5) is 0 Å². The molecule has 1 N–H and O–H groups in total. The van der Waals surface area contributed by atoms with E-state index in [1.165, 1.54) is 0 Å². The molecule has 0 saturated carbocycles. The lowest BCUT2D eigenvalue weighted by molar-refractivity contribution is -0.127. The fourth-order valence-corrected chi connectivity index (χ4v) is 3.70. The number of para-hydroxylation sites is 1. The molecule has 0 atom stereocenters. The zero-order valence-electron chi connectivity index (χ0n) is 16.7. The molecular formula is C25H20BrN3O2. The van der Waals surface area contributed by atoms with Gasteiger partial charge in [-0.1, -0.05) is 76.6 Å². The minimum absolute atomic E-state index is 0.171. The van der Waals surface area contributed by atoms with E-state index in [9.17, 15) is 9.59 Å². The van der Waals surface area contributed by atoms with Crippen molar-refractivity contribution in [2.24, 2.45) is 0 Å². The predicted octanol–water partition coefficient (Wildman–Crippen LogP) is 4.93. The molecular weight excluding hydrogens is 454 g/mol.